The number of pyridine rings is 1. The zero-order valence-corrected chi connectivity index (χ0v) is 23.7. The molecule has 1 saturated heterocycles. The molecule has 2 N–H and O–H groups in total. The van der Waals surface area contributed by atoms with E-state index >= 15 is 0 Å². The standard InChI is InChI=1S/C29H34N6O4S/c1-16-12-20(28(38)35-23(16)25(36)33-29(35)8-4-3-5-9-29)32-24-22-19-7-6-18(13-21(19)40-26(22)31-15-30-24)27(37)34-10-11-39-14-17(34)2/h12,15,17-18H,3-11,13-14H2,1-2H3,(H,33,36)(H,30,31,32)/t17-,18+/m1/s1. The Bertz CT molecular complexity index is 1590. The number of thiophene rings is 1. The van der Waals surface area contributed by atoms with E-state index in [9.17, 15) is 14.4 Å². The van der Waals surface area contributed by atoms with Crippen LogP contribution in [0.4, 0.5) is 11.5 Å². The molecule has 2 amide bonds. The Morgan fingerprint density at radius 1 is 1.23 bits per heavy atom. The van der Waals surface area contributed by atoms with Crippen LogP contribution < -0.4 is 16.2 Å². The molecule has 210 valence electrons. The first-order valence-corrected chi connectivity index (χ1v) is 15.2. The van der Waals surface area contributed by atoms with Crippen molar-refractivity contribution in [3.63, 3.8) is 0 Å². The monoisotopic (exact) mass is 562 g/mol. The maximum Gasteiger partial charge on any atom is 0.276 e. The normalized spacial score (nSPS) is 23.6. The zero-order valence-electron chi connectivity index (χ0n) is 22.9. The summed E-state index contributed by atoms with van der Waals surface area (Å²) in [5.74, 6) is 0.590. The molecule has 7 rings (SSSR count). The lowest BCUT2D eigenvalue weighted by Gasteiger charge is -2.36. The largest absolute Gasteiger partial charge is 0.377 e. The molecule has 3 aromatic heterocycles. The van der Waals surface area contributed by atoms with E-state index in [-0.39, 0.29) is 29.3 Å². The molecular weight excluding hydrogens is 528 g/mol. The topological polar surface area (TPSA) is 118 Å². The molecular formula is C29H34N6O4S. The van der Waals surface area contributed by atoms with Gasteiger partial charge in [-0.1, -0.05) is 6.42 Å². The van der Waals surface area contributed by atoms with Gasteiger partial charge in [-0.05, 0) is 76.0 Å². The van der Waals surface area contributed by atoms with E-state index in [0.29, 0.717) is 43.4 Å². The molecule has 0 bridgehead atoms. The molecule has 0 aromatic carbocycles. The number of aromatic nitrogens is 3. The summed E-state index contributed by atoms with van der Waals surface area (Å²) < 4.78 is 7.23. The molecule has 2 aliphatic heterocycles. The van der Waals surface area contributed by atoms with Gasteiger partial charge in [-0.25, -0.2) is 9.97 Å². The van der Waals surface area contributed by atoms with Crippen LogP contribution in [0.15, 0.2) is 17.2 Å². The van der Waals surface area contributed by atoms with Crippen LogP contribution >= 0.6 is 11.3 Å². The minimum atomic E-state index is -0.647. The summed E-state index contributed by atoms with van der Waals surface area (Å²) in [5.41, 5.74) is 1.95. The van der Waals surface area contributed by atoms with Gasteiger partial charge in [-0.2, -0.15) is 0 Å². The van der Waals surface area contributed by atoms with Crippen molar-refractivity contribution < 1.29 is 14.3 Å². The van der Waals surface area contributed by atoms with E-state index in [1.807, 2.05) is 18.7 Å². The average molecular weight is 563 g/mol. The number of hydrogen-bond donors (Lipinski definition) is 2. The van der Waals surface area contributed by atoms with Gasteiger partial charge in [0.25, 0.3) is 11.5 Å². The smallest absolute Gasteiger partial charge is 0.276 e. The highest BCUT2D eigenvalue weighted by atomic mass is 32.1. The number of aryl methyl sites for hydroxylation is 2. The SMILES string of the molecule is Cc1cc(Nc2ncnc3sc4c(c23)CC[C@H](C(=O)N2CCOC[C@H]2C)C4)c(=O)n2c1C(=O)NC21CCCCC1. The van der Waals surface area contributed by atoms with Crippen molar-refractivity contribution in [1.29, 1.82) is 0 Å². The van der Waals surface area contributed by atoms with Gasteiger partial charge in [0.05, 0.1) is 24.6 Å². The first kappa shape index (κ1) is 25.6. The van der Waals surface area contributed by atoms with Gasteiger partial charge in [0.15, 0.2) is 0 Å². The molecule has 10 nitrogen and oxygen atoms in total. The number of ether oxygens (including phenoxy) is 1. The summed E-state index contributed by atoms with van der Waals surface area (Å²) in [6.45, 7) is 5.75. The van der Waals surface area contributed by atoms with Crippen molar-refractivity contribution in [3.05, 3.63) is 44.4 Å². The van der Waals surface area contributed by atoms with Gasteiger partial charge in [-0.3, -0.25) is 19.0 Å². The Hall–Kier alpha value is -3.31. The van der Waals surface area contributed by atoms with Crippen molar-refractivity contribution in [2.24, 2.45) is 5.92 Å². The van der Waals surface area contributed by atoms with Crippen LogP contribution in [0.2, 0.25) is 0 Å². The average Bonchev–Trinajstić information content (AvgIpc) is 3.46. The molecule has 2 fully saturated rings. The third-order valence-corrected chi connectivity index (χ3v) is 10.3. The summed E-state index contributed by atoms with van der Waals surface area (Å²) in [6, 6.07) is 1.86. The highest BCUT2D eigenvalue weighted by molar-refractivity contribution is 7.19. The number of nitrogens with zero attached hydrogens (tertiary/aromatic N) is 4. The van der Waals surface area contributed by atoms with Crippen molar-refractivity contribution in [2.75, 3.05) is 25.1 Å². The number of nitrogens with one attached hydrogen (secondary N) is 2. The van der Waals surface area contributed by atoms with Crippen LogP contribution in [-0.2, 0) is 28.0 Å². The molecule has 11 heteroatoms. The first-order valence-electron chi connectivity index (χ1n) is 14.4. The van der Waals surface area contributed by atoms with E-state index in [0.717, 1.165) is 60.7 Å². The van der Waals surface area contributed by atoms with Gasteiger partial charge in [0.1, 0.15) is 34.0 Å². The quantitative estimate of drug-likeness (QED) is 0.501. The van der Waals surface area contributed by atoms with Gasteiger partial charge in [0, 0.05) is 17.3 Å². The van der Waals surface area contributed by atoms with Crippen LogP contribution in [0.5, 0.6) is 0 Å². The summed E-state index contributed by atoms with van der Waals surface area (Å²) in [7, 11) is 0. The third-order valence-electron chi connectivity index (χ3n) is 9.16. The number of fused-ring (bicyclic) bond motifs is 5. The van der Waals surface area contributed by atoms with Crippen LogP contribution in [0.25, 0.3) is 10.2 Å². The molecule has 2 aliphatic carbocycles. The van der Waals surface area contributed by atoms with E-state index in [1.165, 1.54) is 16.8 Å². The number of carbonyl (C=O) groups excluding carboxylic acids is 2. The fourth-order valence-electron chi connectivity index (χ4n) is 7.17. The van der Waals surface area contributed by atoms with E-state index in [1.54, 1.807) is 22.0 Å². The second kappa shape index (κ2) is 9.66. The molecule has 3 aromatic rings. The Balaban J connectivity index is 1.23. The van der Waals surface area contributed by atoms with Gasteiger partial charge < -0.3 is 20.3 Å². The Morgan fingerprint density at radius 3 is 2.85 bits per heavy atom. The van der Waals surface area contributed by atoms with Crippen molar-refractivity contribution in [3.8, 4) is 0 Å². The van der Waals surface area contributed by atoms with Crippen LogP contribution in [-0.4, -0.2) is 57.0 Å². The first-order chi connectivity index (χ1) is 19.4. The Morgan fingerprint density at radius 2 is 2.05 bits per heavy atom. The predicted molar refractivity (Wildman–Crippen MR) is 152 cm³/mol. The lowest BCUT2D eigenvalue weighted by Crippen LogP contribution is -2.50. The number of anilines is 2. The minimum absolute atomic E-state index is 0.0498. The molecule has 4 aliphatic rings. The van der Waals surface area contributed by atoms with E-state index in [4.69, 9.17) is 4.74 Å². The lowest BCUT2D eigenvalue weighted by molar-refractivity contribution is -0.143. The molecule has 40 heavy (non-hydrogen) atoms. The molecule has 1 saturated carbocycles. The zero-order chi connectivity index (χ0) is 27.6. The molecule has 0 unspecified atom stereocenters. The van der Waals surface area contributed by atoms with Crippen molar-refractivity contribution in [1.82, 2.24) is 24.8 Å². The van der Waals surface area contributed by atoms with Gasteiger partial charge in [0.2, 0.25) is 5.91 Å². The molecule has 2 atom stereocenters. The molecule has 5 heterocycles. The number of amides is 2. The minimum Gasteiger partial charge on any atom is -0.377 e. The van der Waals surface area contributed by atoms with Crippen LogP contribution in [0.1, 0.15) is 71.9 Å². The van der Waals surface area contributed by atoms with Gasteiger partial charge in [-0.15, -0.1) is 11.3 Å². The second-order valence-corrected chi connectivity index (χ2v) is 12.8. The maximum atomic E-state index is 13.9. The van der Waals surface area contributed by atoms with E-state index in [2.05, 4.69) is 20.6 Å². The maximum absolute atomic E-state index is 13.9. The fourth-order valence-corrected chi connectivity index (χ4v) is 8.43. The Labute approximate surface area is 236 Å². The lowest BCUT2D eigenvalue weighted by atomic mass is 9.86. The summed E-state index contributed by atoms with van der Waals surface area (Å²) in [5, 5.41) is 7.42. The molecule has 1 spiro atoms. The Kier molecular flexibility index (Phi) is 6.19. The molecule has 0 radical (unpaired) electrons. The van der Waals surface area contributed by atoms with Crippen molar-refractivity contribution >= 4 is 44.9 Å². The fraction of sp³-hybridized carbons (Fsp3) is 0.552. The highest BCUT2D eigenvalue weighted by Crippen LogP contribution is 2.42. The number of carbonyl (C=O) groups is 2. The highest BCUT2D eigenvalue weighted by Gasteiger charge is 2.45. The summed E-state index contributed by atoms with van der Waals surface area (Å²) in [6.07, 6.45) is 8.32. The third kappa shape index (κ3) is 3.96. The second-order valence-electron chi connectivity index (χ2n) is 11.7. The predicted octanol–water partition coefficient (Wildman–Crippen LogP) is 3.62. The summed E-state index contributed by atoms with van der Waals surface area (Å²) >= 11 is 1.61. The number of hydrogen-bond acceptors (Lipinski definition) is 8. The van der Waals surface area contributed by atoms with Crippen LogP contribution in [0, 0.1) is 12.8 Å². The van der Waals surface area contributed by atoms with Crippen LogP contribution in [0.3, 0.4) is 0 Å². The van der Waals surface area contributed by atoms with E-state index < -0.39 is 5.66 Å². The number of rotatable bonds is 3. The number of morpholine rings is 1. The summed E-state index contributed by atoms with van der Waals surface area (Å²) in [4.78, 5) is 53.3. The van der Waals surface area contributed by atoms with Crippen molar-refractivity contribution in [2.45, 2.75) is 76.9 Å². The van der Waals surface area contributed by atoms with Gasteiger partial charge >= 0.3 is 0 Å².